The Morgan fingerprint density at radius 2 is 1.53 bits per heavy atom. The third-order valence-corrected chi connectivity index (χ3v) is 6.16. The van der Waals surface area contributed by atoms with Crippen LogP contribution in [0, 0.1) is 5.92 Å². The van der Waals surface area contributed by atoms with Crippen LogP contribution in [0.15, 0.2) is 54.6 Å². The number of rotatable bonds is 5. The highest BCUT2D eigenvalue weighted by atomic mass is 16.2. The Hall–Kier alpha value is -3.02. The zero-order valence-corrected chi connectivity index (χ0v) is 17.6. The molecule has 1 N–H and O–H groups in total. The fraction of sp³-hybridized carbons (Fsp3) is 0.417. The molecule has 1 atom stereocenters. The van der Waals surface area contributed by atoms with E-state index in [-0.39, 0.29) is 11.8 Å². The summed E-state index contributed by atoms with van der Waals surface area (Å²) < 4.78 is 0. The summed E-state index contributed by atoms with van der Waals surface area (Å²) in [5.74, 6) is 0.576. The van der Waals surface area contributed by atoms with E-state index in [1.165, 1.54) is 5.69 Å². The Kier molecular flexibility index (Phi) is 6.21. The van der Waals surface area contributed by atoms with E-state index in [9.17, 15) is 9.59 Å². The van der Waals surface area contributed by atoms with Gasteiger partial charge in [-0.2, -0.15) is 0 Å². The fourth-order valence-corrected chi connectivity index (χ4v) is 4.29. The van der Waals surface area contributed by atoms with E-state index in [0.29, 0.717) is 19.0 Å². The molecule has 6 nitrogen and oxygen atoms in total. The van der Waals surface area contributed by atoms with Crippen molar-refractivity contribution in [3.8, 4) is 0 Å². The number of amides is 2. The van der Waals surface area contributed by atoms with Crippen molar-refractivity contribution >= 4 is 23.2 Å². The summed E-state index contributed by atoms with van der Waals surface area (Å²) in [5.41, 5.74) is 3.10. The highest BCUT2D eigenvalue weighted by Crippen LogP contribution is 2.23. The lowest BCUT2D eigenvalue weighted by molar-refractivity contribution is 0.101. The first-order chi connectivity index (χ1) is 14.6. The largest absolute Gasteiger partial charge is 0.371 e. The number of benzene rings is 2. The zero-order valence-electron chi connectivity index (χ0n) is 17.6. The Morgan fingerprint density at radius 1 is 0.867 bits per heavy atom. The van der Waals surface area contributed by atoms with Crippen LogP contribution >= 0.6 is 0 Å². The predicted molar refractivity (Wildman–Crippen MR) is 120 cm³/mol. The van der Waals surface area contributed by atoms with Gasteiger partial charge in [0.2, 0.25) is 0 Å². The predicted octanol–water partition coefficient (Wildman–Crippen LogP) is 3.25. The Balaban J connectivity index is 1.21. The maximum absolute atomic E-state index is 12.6. The standard InChI is InChI=1S/C24H30N4O2/c1-19(29)21-7-9-23(10-8-21)26-13-15-27(16-14-26)24(30)25-17-20-11-12-28(18-20)22-5-3-2-4-6-22/h2-10,20H,11-18H2,1H3,(H,25,30). The Labute approximate surface area is 178 Å². The average molecular weight is 407 g/mol. The van der Waals surface area contributed by atoms with Gasteiger partial charge in [0, 0.05) is 62.8 Å². The molecule has 4 rings (SSSR count). The molecule has 0 radical (unpaired) electrons. The van der Waals surface area contributed by atoms with Crippen molar-refractivity contribution in [2.75, 3.05) is 55.6 Å². The third-order valence-electron chi connectivity index (χ3n) is 6.16. The lowest BCUT2D eigenvalue weighted by Crippen LogP contribution is -2.52. The number of carbonyl (C=O) groups excluding carboxylic acids is 2. The molecule has 0 spiro atoms. The number of ketones is 1. The van der Waals surface area contributed by atoms with Crippen molar-refractivity contribution in [3.63, 3.8) is 0 Å². The summed E-state index contributed by atoms with van der Waals surface area (Å²) in [5, 5.41) is 3.15. The molecule has 2 aliphatic rings. The summed E-state index contributed by atoms with van der Waals surface area (Å²) >= 11 is 0. The van der Waals surface area contributed by atoms with E-state index >= 15 is 0 Å². The minimum absolute atomic E-state index is 0.0414. The van der Waals surface area contributed by atoms with Gasteiger partial charge in [-0.05, 0) is 55.7 Å². The van der Waals surface area contributed by atoms with Gasteiger partial charge >= 0.3 is 6.03 Å². The van der Waals surface area contributed by atoms with Gasteiger partial charge in [-0.15, -0.1) is 0 Å². The monoisotopic (exact) mass is 406 g/mol. The Bertz CT molecular complexity index is 861. The van der Waals surface area contributed by atoms with Gasteiger partial charge in [-0.1, -0.05) is 18.2 Å². The molecule has 2 saturated heterocycles. The summed E-state index contributed by atoms with van der Waals surface area (Å²) in [7, 11) is 0. The smallest absolute Gasteiger partial charge is 0.317 e. The maximum atomic E-state index is 12.6. The van der Waals surface area contributed by atoms with Gasteiger partial charge in [0.25, 0.3) is 0 Å². The number of para-hydroxylation sites is 1. The average Bonchev–Trinajstić information content (AvgIpc) is 3.27. The number of nitrogens with zero attached hydrogens (tertiary/aromatic N) is 3. The number of urea groups is 1. The van der Waals surface area contributed by atoms with E-state index in [2.05, 4.69) is 39.4 Å². The van der Waals surface area contributed by atoms with Gasteiger partial charge in [0.05, 0.1) is 0 Å². The fourth-order valence-electron chi connectivity index (χ4n) is 4.29. The van der Waals surface area contributed by atoms with Crippen molar-refractivity contribution in [3.05, 3.63) is 60.2 Å². The number of hydrogen-bond acceptors (Lipinski definition) is 4. The number of anilines is 2. The van der Waals surface area contributed by atoms with Crippen LogP contribution < -0.4 is 15.1 Å². The van der Waals surface area contributed by atoms with Crippen LogP contribution in [-0.2, 0) is 0 Å². The second-order valence-corrected chi connectivity index (χ2v) is 8.20. The molecule has 158 valence electrons. The molecule has 0 aliphatic carbocycles. The summed E-state index contributed by atoms with van der Waals surface area (Å²) in [6, 6.07) is 18.2. The summed E-state index contributed by atoms with van der Waals surface area (Å²) in [6.45, 7) is 7.38. The molecule has 1 unspecified atom stereocenters. The minimum Gasteiger partial charge on any atom is -0.371 e. The third kappa shape index (κ3) is 4.75. The second kappa shape index (κ2) is 9.20. The van der Waals surface area contributed by atoms with E-state index in [0.717, 1.165) is 50.4 Å². The first-order valence-electron chi connectivity index (χ1n) is 10.8. The first kappa shape index (κ1) is 20.3. The van der Waals surface area contributed by atoms with Crippen LogP contribution in [0.25, 0.3) is 0 Å². The molecular formula is C24H30N4O2. The molecule has 2 aromatic carbocycles. The van der Waals surface area contributed by atoms with Crippen molar-refractivity contribution in [1.82, 2.24) is 10.2 Å². The van der Waals surface area contributed by atoms with Gasteiger partial charge in [-0.3, -0.25) is 4.79 Å². The van der Waals surface area contributed by atoms with Crippen LogP contribution in [0.5, 0.6) is 0 Å². The summed E-state index contributed by atoms with van der Waals surface area (Å²) in [6.07, 6.45) is 1.11. The normalized spacial score (nSPS) is 19.1. The molecule has 2 aromatic rings. The van der Waals surface area contributed by atoms with Crippen LogP contribution in [0.2, 0.25) is 0 Å². The maximum Gasteiger partial charge on any atom is 0.317 e. The number of carbonyl (C=O) groups is 2. The SMILES string of the molecule is CC(=O)c1ccc(N2CCN(C(=O)NCC3CCN(c4ccccc4)C3)CC2)cc1. The van der Waals surface area contributed by atoms with Gasteiger partial charge < -0.3 is 20.0 Å². The van der Waals surface area contributed by atoms with E-state index < -0.39 is 0 Å². The lowest BCUT2D eigenvalue weighted by atomic mass is 10.1. The molecular weight excluding hydrogens is 376 g/mol. The van der Waals surface area contributed by atoms with Gasteiger partial charge in [-0.25, -0.2) is 4.79 Å². The van der Waals surface area contributed by atoms with Crippen LogP contribution in [0.1, 0.15) is 23.7 Å². The number of nitrogens with one attached hydrogen (secondary N) is 1. The zero-order chi connectivity index (χ0) is 20.9. The number of Topliss-reactive ketones (excluding diaryl/α,β-unsaturated/α-hetero) is 1. The minimum atomic E-state index is 0.0414. The topological polar surface area (TPSA) is 55.9 Å². The van der Waals surface area contributed by atoms with E-state index in [1.54, 1.807) is 6.92 Å². The molecule has 30 heavy (non-hydrogen) atoms. The first-order valence-corrected chi connectivity index (χ1v) is 10.8. The van der Waals surface area contributed by atoms with Crippen molar-refractivity contribution < 1.29 is 9.59 Å². The number of piperazine rings is 1. The van der Waals surface area contributed by atoms with Crippen molar-refractivity contribution in [2.24, 2.45) is 5.92 Å². The van der Waals surface area contributed by atoms with Crippen LogP contribution in [0.4, 0.5) is 16.2 Å². The summed E-state index contributed by atoms with van der Waals surface area (Å²) in [4.78, 5) is 30.6. The quantitative estimate of drug-likeness (QED) is 0.775. The Morgan fingerprint density at radius 3 is 2.20 bits per heavy atom. The molecule has 0 bridgehead atoms. The van der Waals surface area contributed by atoms with Crippen molar-refractivity contribution in [2.45, 2.75) is 13.3 Å². The van der Waals surface area contributed by atoms with Gasteiger partial charge in [0.15, 0.2) is 5.78 Å². The molecule has 6 heteroatoms. The molecule has 2 aliphatic heterocycles. The highest BCUT2D eigenvalue weighted by Gasteiger charge is 2.25. The van der Waals surface area contributed by atoms with Gasteiger partial charge in [0.1, 0.15) is 0 Å². The van der Waals surface area contributed by atoms with E-state index in [4.69, 9.17) is 0 Å². The second-order valence-electron chi connectivity index (χ2n) is 8.20. The number of hydrogen-bond donors (Lipinski definition) is 1. The van der Waals surface area contributed by atoms with Crippen LogP contribution in [-0.4, -0.2) is 62.5 Å². The molecule has 2 amide bonds. The molecule has 0 saturated carbocycles. The van der Waals surface area contributed by atoms with Crippen molar-refractivity contribution in [1.29, 1.82) is 0 Å². The molecule has 2 heterocycles. The van der Waals surface area contributed by atoms with E-state index in [1.807, 2.05) is 35.2 Å². The molecule has 2 fully saturated rings. The van der Waals surface area contributed by atoms with Crippen LogP contribution in [0.3, 0.4) is 0 Å². The lowest BCUT2D eigenvalue weighted by Gasteiger charge is -2.36. The molecule has 0 aromatic heterocycles. The highest BCUT2D eigenvalue weighted by molar-refractivity contribution is 5.94.